The molecule has 3 aromatic carbocycles. The molecule has 0 spiro atoms. The average molecular weight is 380 g/mol. The van der Waals surface area contributed by atoms with E-state index in [1.807, 2.05) is 42.5 Å². The quantitative estimate of drug-likeness (QED) is 0.375. The van der Waals surface area contributed by atoms with Gasteiger partial charge < -0.3 is 5.32 Å². The number of Topliss-reactive ketones (excluding diaryl/α,β-unsaturated/α-hetero) is 1. The van der Waals surface area contributed by atoms with E-state index in [4.69, 9.17) is 0 Å². The molecule has 0 aromatic heterocycles. The normalized spacial score (nSPS) is 10.5. The van der Waals surface area contributed by atoms with Crippen LogP contribution in [0.25, 0.3) is 10.8 Å². The van der Waals surface area contributed by atoms with Crippen molar-refractivity contribution >= 4 is 45.6 Å². The van der Waals surface area contributed by atoms with Crippen LogP contribution < -0.4 is 5.32 Å². The van der Waals surface area contributed by atoms with Gasteiger partial charge in [0.15, 0.2) is 5.78 Å². The summed E-state index contributed by atoms with van der Waals surface area (Å²) in [5.41, 5.74) is 1.04. The highest BCUT2D eigenvalue weighted by Crippen LogP contribution is 2.19. The van der Waals surface area contributed by atoms with Crippen LogP contribution in [0.4, 0.5) is 11.4 Å². The van der Waals surface area contributed by atoms with Gasteiger partial charge in [0, 0.05) is 23.4 Å². The third kappa shape index (κ3) is 4.92. The summed E-state index contributed by atoms with van der Waals surface area (Å²) >= 11 is 1.20. The minimum Gasteiger partial charge on any atom is -0.325 e. The highest BCUT2D eigenvalue weighted by atomic mass is 32.2. The van der Waals surface area contributed by atoms with E-state index >= 15 is 0 Å². The molecule has 136 valence electrons. The van der Waals surface area contributed by atoms with Gasteiger partial charge in [-0.1, -0.05) is 30.3 Å². The number of nitro benzene ring substituents is 1. The average Bonchev–Trinajstić information content (AvgIpc) is 2.68. The lowest BCUT2D eigenvalue weighted by molar-refractivity contribution is -0.384. The maximum absolute atomic E-state index is 12.1. The number of fused-ring (bicyclic) bond motifs is 1. The van der Waals surface area contributed by atoms with Gasteiger partial charge in [-0.3, -0.25) is 19.7 Å². The number of amides is 1. The van der Waals surface area contributed by atoms with E-state index in [0.717, 1.165) is 10.8 Å². The summed E-state index contributed by atoms with van der Waals surface area (Å²) in [7, 11) is 0. The lowest BCUT2D eigenvalue weighted by atomic mass is 10.1. The lowest BCUT2D eigenvalue weighted by Crippen LogP contribution is -2.15. The summed E-state index contributed by atoms with van der Waals surface area (Å²) in [6.07, 6.45) is 0. The van der Waals surface area contributed by atoms with E-state index in [2.05, 4.69) is 5.32 Å². The molecule has 1 N–H and O–H groups in total. The Kier molecular flexibility index (Phi) is 5.83. The van der Waals surface area contributed by atoms with Crippen molar-refractivity contribution in [3.05, 3.63) is 82.4 Å². The van der Waals surface area contributed by atoms with Gasteiger partial charge in [0.2, 0.25) is 5.91 Å². The van der Waals surface area contributed by atoms with Crippen molar-refractivity contribution < 1.29 is 14.5 Å². The maximum atomic E-state index is 12.1. The Labute approximate surface area is 159 Å². The zero-order valence-electron chi connectivity index (χ0n) is 14.3. The summed E-state index contributed by atoms with van der Waals surface area (Å²) in [5, 5.41) is 15.6. The molecule has 0 saturated heterocycles. The first-order valence-corrected chi connectivity index (χ1v) is 9.32. The molecule has 0 aliphatic rings. The molecule has 0 atom stereocenters. The number of non-ortho nitro benzene ring substituents is 1. The Balaban J connectivity index is 1.49. The zero-order chi connectivity index (χ0) is 19.2. The first-order valence-electron chi connectivity index (χ1n) is 8.17. The van der Waals surface area contributed by atoms with Gasteiger partial charge in [-0.05, 0) is 35.0 Å². The van der Waals surface area contributed by atoms with Crippen LogP contribution in [-0.2, 0) is 4.79 Å². The number of anilines is 1. The third-order valence-electron chi connectivity index (χ3n) is 3.90. The molecule has 0 heterocycles. The number of hydrogen-bond donors (Lipinski definition) is 1. The molecule has 0 saturated carbocycles. The highest BCUT2D eigenvalue weighted by Gasteiger charge is 2.11. The van der Waals surface area contributed by atoms with Crippen LogP contribution in [0.3, 0.4) is 0 Å². The number of carbonyl (C=O) groups is 2. The molecule has 3 rings (SSSR count). The fraction of sp³-hybridized carbons (Fsp3) is 0.100. The number of thioether (sulfide) groups is 1. The van der Waals surface area contributed by atoms with Gasteiger partial charge in [0.25, 0.3) is 5.69 Å². The number of benzene rings is 3. The van der Waals surface area contributed by atoms with Gasteiger partial charge in [-0.2, -0.15) is 0 Å². The smallest absolute Gasteiger partial charge is 0.269 e. The number of nitrogens with zero attached hydrogens (tertiary/aromatic N) is 1. The molecule has 27 heavy (non-hydrogen) atoms. The van der Waals surface area contributed by atoms with Gasteiger partial charge in [-0.15, -0.1) is 11.8 Å². The van der Waals surface area contributed by atoms with Crippen molar-refractivity contribution in [1.82, 2.24) is 0 Å². The molecular weight excluding hydrogens is 364 g/mol. The predicted molar refractivity (Wildman–Crippen MR) is 107 cm³/mol. The van der Waals surface area contributed by atoms with Crippen LogP contribution in [0.5, 0.6) is 0 Å². The predicted octanol–water partition coefficient (Wildman–Crippen LogP) is 4.30. The van der Waals surface area contributed by atoms with Gasteiger partial charge in [-0.25, -0.2) is 0 Å². The van der Waals surface area contributed by atoms with Crippen molar-refractivity contribution in [3.63, 3.8) is 0 Å². The topological polar surface area (TPSA) is 89.3 Å². The van der Waals surface area contributed by atoms with Crippen LogP contribution in [-0.4, -0.2) is 28.1 Å². The molecule has 0 radical (unpaired) electrons. The molecule has 0 aliphatic carbocycles. The number of rotatable bonds is 7. The minimum absolute atomic E-state index is 0.0611. The van der Waals surface area contributed by atoms with Crippen LogP contribution in [0, 0.1) is 10.1 Å². The molecular formula is C20H16N2O4S. The molecule has 1 amide bonds. The van der Waals surface area contributed by atoms with Gasteiger partial charge in [0.05, 0.1) is 16.4 Å². The Morgan fingerprint density at radius 1 is 0.926 bits per heavy atom. The Morgan fingerprint density at radius 2 is 1.63 bits per heavy atom. The minimum atomic E-state index is -0.514. The molecule has 6 nitrogen and oxygen atoms in total. The Hall–Kier alpha value is -3.19. The van der Waals surface area contributed by atoms with Gasteiger partial charge in [0.1, 0.15) is 0 Å². The van der Waals surface area contributed by atoms with E-state index in [0.29, 0.717) is 11.3 Å². The lowest BCUT2D eigenvalue weighted by Gasteiger charge is -2.06. The second-order valence-electron chi connectivity index (χ2n) is 5.83. The van der Waals surface area contributed by atoms with E-state index in [9.17, 15) is 19.7 Å². The number of carbonyl (C=O) groups excluding carboxylic acids is 2. The van der Waals surface area contributed by atoms with Crippen LogP contribution >= 0.6 is 11.8 Å². The summed E-state index contributed by atoms with van der Waals surface area (Å²) in [6, 6.07) is 19.0. The van der Waals surface area contributed by atoms with Crippen LogP contribution in [0.2, 0.25) is 0 Å². The Morgan fingerprint density at radius 3 is 2.33 bits per heavy atom. The van der Waals surface area contributed by atoms with Crippen molar-refractivity contribution in [2.24, 2.45) is 0 Å². The van der Waals surface area contributed by atoms with E-state index in [-0.39, 0.29) is 28.9 Å². The monoisotopic (exact) mass is 380 g/mol. The Bertz CT molecular complexity index is 1000. The molecule has 0 unspecified atom stereocenters. The number of nitro groups is 1. The molecule has 0 bridgehead atoms. The number of nitrogens with one attached hydrogen (secondary N) is 1. The van der Waals surface area contributed by atoms with Crippen molar-refractivity contribution in [3.8, 4) is 0 Å². The first kappa shape index (κ1) is 18.6. The number of ketones is 1. The van der Waals surface area contributed by atoms with Crippen LogP contribution in [0.1, 0.15) is 10.4 Å². The zero-order valence-corrected chi connectivity index (χ0v) is 15.1. The van der Waals surface area contributed by atoms with Gasteiger partial charge >= 0.3 is 0 Å². The fourth-order valence-electron chi connectivity index (χ4n) is 2.55. The summed E-state index contributed by atoms with van der Waals surface area (Å²) in [4.78, 5) is 34.3. The first-order chi connectivity index (χ1) is 13.0. The molecule has 0 fully saturated rings. The SMILES string of the molecule is O=C(CSCC(=O)c1ccc([N+](=O)[O-])cc1)Nc1ccc2ccccc2c1. The number of hydrogen-bond acceptors (Lipinski definition) is 5. The molecule has 3 aromatic rings. The fourth-order valence-corrected chi connectivity index (χ4v) is 3.26. The second-order valence-corrected chi connectivity index (χ2v) is 6.82. The third-order valence-corrected chi connectivity index (χ3v) is 4.83. The van der Waals surface area contributed by atoms with Crippen molar-refractivity contribution in [1.29, 1.82) is 0 Å². The highest BCUT2D eigenvalue weighted by molar-refractivity contribution is 8.00. The maximum Gasteiger partial charge on any atom is 0.269 e. The molecule has 0 aliphatic heterocycles. The summed E-state index contributed by atoms with van der Waals surface area (Å²) in [5.74, 6) is -0.0886. The molecule has 7 heteroatoms. The van der Waals surface area contributed by atoms with E-state index < -0.39 is 4.92 Å². The van der Waals surface area contributed by atoms with E-state index in [1.54, 1.807) is 0 Å². The second kappa shape index (κ2) is 8.46. The van der Waals surface area contributed by atoms with Crippen LogP contribution in [0.15, 0.2) is 66.7 Å². The largest absolute Gasteiger partial charge is 0.325 e. The standard InChI is InChI=1S/C20H16N2O4S/c23-19(15-6-9-18(10-7-15)22(25)26)12-27-13-20(24)21-17-8-5-14-3-1-2-4-16(14)11-17/h1-11H,12-13H2,(H,21,24). The van der Waals surface area contributed by atoms with E-state index in [1.165, 1.54) is 36.0 Å². The van der Waals surface area contributed by atoms with Crippen molar-refractivity contribution in [2.45, 2.75) is 0 Å². The summed E-state index contributed by atoms with van der Waals surface area (Å²) < 4.78 is 0. The summed E-state index contributed by atoms with van der Waals surface area (Å²) in [6.45, 7) is 0. The van der Waals surface area contributed by atoms with Crippen molar-refractivity contribution in [2.75, 3.05) is 16.8 Å².